The molecule has 0 aliphatic carbocycles. The number of aryl methyl sites for hydroxylation is 1. The maximum Gasteiger partial charge on any atom is 0.200 e. The van der Waals surface area contributed by atoms with E-state index in [1.54, 1.807) is 31.2 Å². The topological polar surface area (TPSA) is 114 Å². The van der Waals surface area contributed by atoms with E-state index in [0.29, 0.717) is 34.1 Å². The lowest BCUT2D eigenvalue weighted by molar-refractivity contribution is 0.439. The second-order valence-electron chi connectivity index (χ2n) is 6.37. The van der Waals surface area contributed by atoms with Gasteiger partial charge >= 0.3 is 0 Å². The first-order chi connectivity index (χ1) is 14.5. The number of nitrogens with one attached hydrogen (secondary N) is 1. The Morgan fingerprint density at radius 3 is 2.70 bits per heavy atom. The molecule has 8 nitrogen and oxygen atoms in total. The van der Waals surface area contributed by atoms with Gasteiger partial charge in [-0.1, -0.05) is 0 Å². The number of benzene rings is 2. The molecule has 3 N–H and O–H groups in total. The summed E-state index contributed by atoms with van der Waals surface area (Å²) < 4.78 is 34.5. The largest absolute Gasteiger partial charge is 0.454 e. The smallest absolute Gasteiger partial charge is 0.200 e. The fraction of sp³-hybridized carbons (Fsp3) is 0.100. The Kier molecular flexibility index (Phi) is 4.85. The molecule has 150 valence electrons. The number of rotatable bonds is 5. The lowest BCUT2D eigenvalue weighted by Gasteiger charge is -2.14. The van der Waals surface area contributed by atoms with Crippen LogP contribution in [0.15, 0.2) is 42.5 Å². The molecule has 0 atom stereocenters. The van der Waals surface area contributed by atoms with Crippen LogP contribution in [0.2, 0.25) is 0 Å². The number of hydrogen-bond donors (Lipinski definition) is 2. The van der Waals surface area contributed by atoms with Gasteiger partial charge < -0.3 is 15.8 Å². The number of nitrogens with two attached hydrogens (primary N) is 1. The Balaban J connectivity index is 1.86. The summed E-state index contributed by atoms with van der Waals surface area (Å²) in [6, 6.07) is 11.5. The Bertz CT molecular complexity index is 1300. The first kappa shape index (κ1) is 19.1. The van der Waals surface area contributed by atoms with Gasteiger partial charge in [-0.3, -0.25) is 0 Å². The fourth-order valence-corrected chi connectivity index (χ4v) is 2.89. The summed E-state index contributed by atoms with van der Waals surface area (Å²) in [5.74, 6) is -0.902. The quantitative estimate of drug-likeness (QED) is 0.383. The van der Waals surface area contributed by atoms with Crippen LogP contribution in [0.1, 0.15) is 5.82 Å². The highest BCUT2D eigenvalue weighted by atomic mass is 19.1. The predicted molar refractivity (Wildman–Crippen MR) is 106 cm³/mol. The van der Waals surface area contributed by atoms with Crippen LogP contribution in [-0.2, 0) is 0 Å². The van der Waals surface area contributed by atoms with E-state index in [9.17, 15) is 8.78 Å². The standard InChI is InChI=1S/C20H15F2N7O/c1-11-26-27-20-17(25-7-6-23)10-16(28-29(11)20)14-9-13(24)3-5-18(14)30-19-4-2-12(21)8-15(19)22/h2-5,8-10,25H,7,24H2,1H3. The first-order valence-corrected chi connectivity index (χ1v) is 8.83. The molecule has 4 rings (SSSR count). The van der Waals surface area contributed by atoms with Crippen molar-refractivity contribution in [2.75, 3.05) is 17.6 Å². The van der Waals surface area contributed by atoms with Crippen molar-refractivity contribution in [3.8, 4) is 28.8 Å². The minimum Gasteiger partial charge on any atom is -0.454 e. The molecule has 0 aliphatic rings. The van der Waals surface area contributed by atoms with Gasteiger partial charge in [0.25, 0.3) is 0 Å². The third kappa shape index (κ3) is 3.56. The average Bonchev–Trinajstić information content (AvgIpc) is 3.10. The van der Waals surface area contributed by atoms with Crippen LogP contribution in [0.4, 0.5) is 20.2 Å². The van der Waals surface area contributed by atoms with Gasteiger partial charge in [-0.25, -0.2) is 8.78 Å². The predicted octanol–water partition coefficient (Wildman–Crippen LogP) is 3.69. The van der Waals surface area contributed by atoms with Crippen molar-refractivity contribution in [3.05, 3.63) is 59.9 Å². The number of nitrogen functional groups attached to an aromatic ring is 1. The summed E-state index contributed by atoms with van der Waals surface area (Å²) in [6.07, 6.45) is 0. The number of nitrogens with zero attached hydrogens (tertiary/aromatic N) is 5. The Morgan fingerprint density at radius 1 is 1.13 bits per heavy atom. The second kappa shape index (κ2) is 7.63. The van der Waals surface area contributed by atoms with Crippen LogP contribution in [0, 0.1) is 29.9 Å². The Hall–Kier alpha value is -4.26. The van der Waals surface area contributed by atoms with Gasteiger partial charge in [0, 0.05) is 17.3 Å². The van der Waals surface area contributed by atoms with E-state index in [4.69, 9.17) is 15.7 Å². The van der Waals surface area contributed by atoms with Crippen LogP contribution in [0.25, 0.3) is 16.9 Å². The molecule has 0 radical (unpaired) electrons. The molecule has 0 saturated heterocycles. The van der Waals surface area contributed by atoms with E-state index >= 15 is 0 Å². The summed E-state index contributed by atoms with van der Waals surface area (Å²) in [6.45, 7) is 1.78. The third-order valence-corrected chi connectivity index (χ3v) is 4.28. The second-order valence-corrected chi connectivity index (χ2v) is 6.37. The molecule has 4 aromatic rings. The average molecular weight is 407 g/mol. The van der Waals surface area contributed by atoms with Crippen LogP contribution in [0.3, 0.4) is 0 Å². The number of fused-ring (bicyclic) bond motifs is 1. The van der Waals surface area contributed by atoms with Crippen LogP contribution in [-0.4, -0.2) is 26.4 Å². The van der Waals surface area contributed by atoms with Gasteiger partial charge in [0.1, 0.15) is 18.1 Å². The maximum absolute atomic E-state index is 14.1. The molecule has 2 aromatic carbocycles. The van der Waals surface area contributed by atoms with Crippen molar-refractivity contribution >= 4 is 17.0 Å². The molecule has 2 heterocycles. The normalized spacial score (nSPS) is 10.7. The van der Waals surface area contributed by atoms with Crippen LogP contribution >= 0.6 is 0 Å². The van der Waals surface area contributed by atoms with Crippen molar-refractivity contribution in [2.24, 2.45) is 0 Å². The Morgan fingerprint density at radius 2 is 1.93 bits per heavy atom. The van der Waals surface area contributed by atoms with Crippen molar-refractivity contribution in [1.82, 2.24) is 19.8 Å². The summed E-state index contributed by atoms with van der Waals surface area (Å²) in [5.41, 5.74) is 8.26. The summed E-state index contributed by atoms with van der Waals surface area (Å²) >= 11 is 0. The number of nitriles is 1. The molecule has 0 aliphatic heterocycles. The highest BCUT2D eigenvalue weighted by Crippen LogP contribution is 2.36. The molecule has 0 spiro atoms. The van der Waals surface area contributed by atoms with E-state index in [1.165, 1.54) is 10.6 Å². The molecule has 0 fully saturated rings. The molecular formula is C20H15F2N7O. The summed E-state index contributed by atoms with van der Waals surface area (Å²) in [4.78, 5) is 0. The molecule has 0 saturated carbocycles. The summed E-state index contributed by atoms with van der Waals surface area (Å²) in [7, 11) is 0. The van der Waals surface area contributed by atoms with Crippen molar-refractivity contribution in [2.45, 2.75) is 6.92 Å². The van der Waals surface area contributed by atoms with Crippen molar-refractivity contribution < 1.29 is 13.5 Å². The van der Waals surface area contributed by atoms with Gasteiger partial charge in [-0.2, -0.15) is 14.9 Å². The molecule has 2 aromatic heterocycles. The SMILES string of the molecule is Cc1nnc2c(NCC#N)cc(-c3cc(N)ccc3Oc3ccc(F)cc3F)nn12. The zero-order chi connectivity index (χ0) is 21.3. The summed E-state index contributed by atoms with van der Waals surface area (Å²) in [5, 5.41) is 24.5. The number of anilines is 2. The minimum absolute atomic E-state index is 0.0477. The molecule has 30 heavy (non-hydrogen) atoms. The van der Waals surface area contributed by atoms with Crippen molar-refractivity contribution in [1.29, 1.82) is 5.26 Å². The third-order valence-electron chi connectivity index (χ3n) is 4.28. The van der Waals surface area contributed by atoms with E-state index in [0.717, 1.165) is 12.1 Å². The molecule has 10 heteroatoms. The van der Waals surface area contributed by atoms with Crippen LogP contribution < -0.4 is 15.8 Å². The van der Waals surface area contributed by atoms with E-state index < -0.39 is 11.6 Å². The van der Waals surface area contributed by atoms with E-state index in [-0.39, 0.29) is 18.0 Å². The number of halogens is 2. The minimum atomic E-state index is -0.841. The zero-order valence-electron chi connectivity index (χ0n) is 15.7. The Labute approximate surface area is 169 Å². The van der Waals surface area contributed by atoms with Crippen LogP contribution in [0.5, 0.6) is 11.5 Å². The van der Waals surface area contributed by atoms with E-state index in [1.807, 2.05) is 6.07 Å². The van der Waals surface area contributed by atoms with Gasteiger partial charge in [0.15, 0.2) is 17.4 Å². The molecule has 0 amide bonds. The first-order valence-electron chi connectivity index (χ1n) is 8.83. The fourth-order valence-electron chi connectivity index (χ4n) is 2.89. The number of ether oxygens (including phenoxy) is 1. The molecule has 0 unspecified atom stereocenters. The zero-order valence-corrected chi connectivity index (χ0v) is 15.7. The van der Waals surface area contributed by atoms with Gasteiger partial charge in [0.05, 0.1) is 17.5 Å². The van der Waals surface area contributed by atoms with Crippen molar-refractivity contribution in [3.63, 3.8) is 0 Å². The highest BCUT2D eigenvalue weighted by molar-refractivity contribution is 5.78. The van der Waals surface area contributed by atoms with Gasteiger partial charge in [-0.05, 0) is 43.3 Å². The lowest BCUT2D eigenvalue weighted by atomic mass is 10.1. The number of aromatic nitrogens is 4. The van der Waals surface area contributed by atoms with Gasteiger partial charge in [-0.15, -0.1) is 10.2 Å². The molecular weight excluding hydrogens is 392 g/mol. The highest BCUT2D eigenvalue weighted by Gasteiger charge is 2.17. The lowest BCUT2D eigenvalue weighted by Crippen LogP contribution is -2.05. The monoisotopic (exact) mass is 407 g/mol. The maximum atomic E-state index is 14.1. The number of hydrogen-bond acceptors (Lipinski definition) is 7. The molecule has 0 bridgehead atoms. The van der Waals surface area contributed by atoms with Gasteiger partial charge in [0.2, 0.25) is 5.65 Å². The van der Waals surface area contributed by atoms with E-state index in [2.05, 4.69) is 20.6 Å².